The van der Waals surface area contributed by atoms with Crippen molar-refractivity contribution in [2.45, 2.75) is 20.8 Å². The molecule has 0 unspecified atom stereocenters. The Balaban J connectivity index is 1.50. The first-order valence-corrected chi connectivity index (χ1v) is 11.1. The second-order valence-corrected chi connectivity index (χ2v) is 8.73. The highest BCUT2D eigenvalue weighted by Gasteiger charge is 2.39. The third-order valence-corrected chi connectivity index (χ3v) is 6.04. The number of nitrogens with one attached hydrogen (secondary N) is 1. The number of benzene rings is 3. The van der Waals surface area contributed by atoms with Crippen molar-refractivity contribution in [3.63, 3.8) is 0 Å². The lowest BCUT2D eigenvalue weighted by Gasteiger charge is -2.15. The largest absolute Gasteiger partial charge is 0.423 e. The molecule has 172 valence electrons. The summed E-state index contributed by atoms with van der Waals surface area (Å²) in [5.74, 6) is -1.25. The Labute approximate surface area is 206 Å². The fourth-order valence-corrected chi connectivity index (χ4v) is 3.96. The zero-order valence-electron chi connectivity index (χ0n) is 18.6. The molecule has 3 aromatic rings. The molecule has 3 aromatic carbocycles. The SMILES string of the molecule is Cc1cc(C)c(C)c(OC(=O)c2ccc(NC3=C(Cl)C(=O)N(c4cccc(Cl)c4)C3=O)cc2)c1. The summed E-state index contributed by atoms with van der Waals surface area (Å²) in [6.45, 7) is 5.80. The van der Waals surface area contributed by atoms with E-state index in [0.29, 0.717) is 27.7 Å². The molecule has 0 atom stereocenters. The van der Waals surface area contributed by atoms with Crippen LogP contribution in [0.2, 0.25) is 5.02 Å². The predicted octanol–water partition coefficient (Wildman–Crippen LogP) is 5.92. The van der Waals surface area contributed by atoms with Crippen molar-refractivity contribution < 1.29 is 19.1 Å². The topological polar surface area (TPSA) is 75.7 Å². The van der Waals surface area contributed by atoms with Crippen LogP contribution in [0.1, 0.15) is 27.0 Å². The maximum atomic E-state index is 12.9. The molecule has 0 bridgehead atoms. The van der Waals surface area contributed by atoms with Gasteiger partial charge in [0.05, 0.1) is 11.3 Å². The number of rotatable bonds is 5. The summed E-state index contributed by atoms with van der Waals surface area (Å²) in [6, 6.07) is 16.5. The highest BCUT2D eigenvalue weighted by molar-refractivity contribution is 6.53. The first-order valence-electron chi connectivity index (χ1n) is 10.4. The number of imide groups is 1. The van der Waals surface area contributed by atoms with Crippen LogP contribution in [0.25, 0.3) is 0 Å². The maximum Gasteiger partial charge on any atom is 0.343 e. The third-order valence-electron chi connectivity index (χ3n) is 5.45. The van der Waals surface area contributed by atoms with Crippen molar-refractivity contribution in [3.8, 4) is 5.75 Å². The summed E-state index contributed by atoms with van der Waals surface area (Å²) in [5.41, 5.74) is 3.99. The molecule has 1 aliphatic heterocycles. The summed E-state index contributed by atoms with van der Waals surface area (Å²) in [6.07, 6.45) is 0. The second-order valence-electron chi connectivity index (χ2n) is 7.91. The monoisotopic (exact) mass is 494 g/mol. The number of carbonyl (C=O) groups excluding carboxylic acids is 3. The quantitative estimate of drug-likeness (QED) is 0.270. The van der Waals surface area contributed by atoms with Crippen LogP contribution < -0.4 is 15.0 Å². The van der Waals surface area contributed by atoms with Gasteiger partial charge >= 0.3 is 5.97 Å². The molecule has 0 spiro atoms. The number of amides is 2. The number of aryl methyl sites for hydroxylation is 2. The van der Waals surface area contributed by atoms with Crippen LogP contribution in [-0.2, 0) is 9.59 Å². The first-order chi connectivity index (χ1) is 16.2. The van der Waals surface area contributed by atoms with Gasteiger partial charge in [-0.2, -0.15) is 0 Å². The lowest BCUT2D eigenvalue weighted by Crippen LogP contribution is -2.32. The van der Waals surface area contributed by atoms with Gasteiger partial charge in [-0.3, -0.25) is 9.59 Å². The minimum absolute atomic E-state index is 0.0622. The molecule has 2 amide bonds. The number of hydrogen-bond donors (Lipinski definition) is 1. The number of carbonyl (C=O) groups is 3. The normalized spacial score (nSPS) is 13.5. The number of hydrogen-bond acceptors (Lipinski definition) is 5. The smallest absolute Gasteiger partial charge is 0.343 e. The molecule has 0 fully saturated rings. The number of ether oxygens (including phenoxy) is 1. The average molecular weight is 495 g/mol. The zero-order valence-corrected chi connectivity index (χ0v) is 20.1. The van der Waals surface area contributed by atoms with Gasteiger partial charge in [-0.05, 0) is 86.0 Å². The van der Waals surface area contributed by atoms with E-state index in [-0.39, 0.29) is 10.7 Å². The van der Waals surface area contributed by atoms with Crippen molar-refractivity contribution in [3.05, 3.63) is 98.7 Å². The summed E-state index contributed by atoms with van der Waals surface area (Å²) >= 11 is 12.2. The van der Waals surface area contributed by atoms with E-state index in [2.05, 4.69) is 5.32 Å². The van der Waals surface area contributed by atoms with Crippen LogP contribution in [-0.4, -0.2) is 17.8 Å². The Morgan fingerprint density at radius 1 is 0.912 bits per heavy atom. The van der Waals surface area contributed by atoms with Crippen molar-refractivity contribution in [2.75, 3.05) is 10.2 Å². The number of esters is 1. The Morgan fingerprint density at radius 3 is 2.29 bits per heavy atom. The van der Waals surface area contributed by atoms with Crippen LogP contribution in [0.5, 0.6) is 5.75 Å². The van der Waals surface area contributed by atoms with Gasteiger partial charge < -0.3 is 10.1 Å². The second kappa shape index (κ2) is 9.33. The van der Waals surface area contributed by atoms with E-state index >= 15 is 0 Å². The summed E-state index contributed by atoms with van der Waals surface area (Å²) in [7, 11) is 0. The highest BCUT2D eigenvalue weighted by Crippen LogP contribution is 2.31. The Bertz CT molecular complexity index is 1360. The van der Waals surface area contributed by atoms with Gasteiger partial charge in [0.25, 0.3) is 11.8 Å². The van der Waals surface area contributed by atoms with Crippen molar-refractivity contribution >= 4 is 52.4 Å². The Hall–Kier alpha value is -3.61. The lowest BCUT2D eigenvalue weighted by atomic mass is 10.1. The number of halogens is 2. The van der Waals surface area contributed by atoms with Gasteiger partial charge in [-0.25, -0.2) is 9.69 Å². The third kappa shape index (κ3) is 4.55. The molecule has 0 aliphatic carbocycles. The molecule has 0 saturated heterocycles. The van der Waals surface area contributed by atoms with E-state index in [4.69, 9.17) is 27.9 Å². The van der Waals surface area contributed by atoms with Crippen molar-refractivity contribution in [1.29, 1.82) is 0 Å². The maximum absolute atomic E-state index is 12.9. The molecule has 1 N–H and O–H groups in total. The minimum atomic E-state index is -0.652. The molecule has 8 heteroatoms. The Kier molecular flexibility index (Phi) is 6.46. The van der Waals surface area contributed by atoms with Gasteiger partial charge in [-0.15, -0.1) is 0 Å². The van der Waals surface area contributed by atoms with E-state index < -0.39 is 17.8 Å². The van der Waals surface area contributed by atoms with Gasteiger partial charge in [0, 0.05) is 10.7 Å². The van der Waals surface area contributed by atoms with E-state index in [1.807, 2.05) is 32.9 Å². The summed E-state index contributed by atoms with van der Waals surface area (Å²) in [4.78, 5) is 39.1. The molecule has 0 aromatic heterocycles. The number of nitrogens with zero attached hydrogens (tertiary/aromatic N) is 1. The summed E-state index contributed by atoms with van der Waals surface area (Å²) < 4.78 is 5.58. The van der Waals surface area contributed by atoms with Crippen LogP contribution >= 0.6 is 23.2 Å². The fourth-order valence-electron chi connectivity index (χ4n) is 3.56. The van der Waals surface area contributed by atoms with Gasteiger partial charge in [0.15, 0.2) is 0 Å². The van der Waals surface area contributed by atoms with Crippen molar-refractivity contribution in [2.24, 2.45) is 0 Å². The van der Waals surface area contributed by atoms with Gasteiger partial charge in [-0.1, -0.05) is 35.3 Å². The highest BCUT2D eigenvalue weighted by atomic mass is 35.5. The molecule has 34 heavy (non-hydrogen) atoms. The molecular formula is C26H20Cl2N2O4. The van der Waals surface area contributed by atoms with Crippen molar-refractivity contribution in [1.82, 2.24) is 0 Å². The lowest BCUT2D eigenvalue weighted by molar-refractivity contribution is -0.120. The minimum Gasteiger partial charge on any atom is -0.423 e. The van der Waals surface area contributed by atoms with E-state index in [1.165, 1.54) is 6.07 Å². The first kappa shape index (κ1) is 23.5. The van der Waals surface area contributed by atoms with E-state index in [9.17, 15) is 14.4 Å². The fraction of sp³-hybridized carbons (Fsp3) is 0.115. The molecule has 0 saturated carbocycles. The van der Waals surface area contributed by atoms with E-state index in [0.717, 1.165) is 21.6 Å². The molecule has 0 radical (unpaired) electrons. The Morgan fingerprint density at radius 2 is 1.62 bits per heavy atom. The molecule has 6 nitrogen and oxygen atoms in total. The van der Waals surface area contributed by atoms with Crippen LogP contribution in [0.3, 0.4) is 0 Å². The molecule has 4 rings (SSSR count). The van der Waals surface area contributed by atoms with E-state index in [1.54, 1.807) is 42.5 Å². The standard InChI is InChI=1S/C26H20Cl2N2O4/c1-14-11-15(2)16(3)21(12-14)34-26(33)17-7-9-19(10-8-17)29-23-22(28)24(31)30(25(23)32)20-6-4-5-18(27)13-20/h4-13,29H,1-3H3. The van der Waals surface area contributed by atoms with Crippen LogP contribution in [0.15, 0.2) is 71.4 Å². The summed E-state index contributed by atoms with van der Waals surface area (Å²) in [5, 5.41) is 3.02. The van der Waals surface area contributed by atoms with Gasteiger partial charge in [0.1, 0.15) is 16.5 Å². The van der Waals surface area contributed by atoms with Crippen LogP contribution in [0.4, 0.5) is 11.4 Å². The predicted molar refractivity (Wildman–Crippen MR) is 133 cm³/mol. The van der Waals surface area contributed by atoms with Crippen LogP contribution in [0, 0.1) is 20.8 Å². The zero-order chi connectivity index (χ0) is 24.6. The number of anilines is 2. The molecule has 1 heterocycles. The van der Waals surface area contributed by atoms with Gasteiger partial charge in [0.2, 0.25) is 0 Å². The molecular weight excluding hydrogens is 475 g/mol. The average Bonchev–Trinajstić information content (AvgIpc) is 3.00. The molecule has 1 aliphatic rings.